The van der Waals surface area contributed by atoms with Crippen molar-refractivity contribution >= 4 is 35.8 Å². The van der Waals surface area contributed by atoms with Gasteiger partial charge in [0.05, 0.1) is 24.0 Å². The van der Waals surface area contributed by atoms with Crippen LogP contribution < -0.4 is 0 Å². The molecule has 0 amide bonds. The molecule has 13 nitrogen and oxygen atoms in total. The van der Waals surface area contributed by atoms with Gasteiger partial charge in [0.1, 0.15) is 39.6 Å². The molecule has 0 aromatic heterocycles. The minimum absolute atomic E-state index is 0.275. The fourth-order valence-corrected chi connectivity index (χ4v) is 2.51. The molecule has 0 aliphatic rings. The predicted octanol–water partition coefficient (Wildman–Crippen LogP) is 0.354. The quantitative estimate of drug-likeness (QED) is 0.208. The smallest absolute Gasteiger partial charge is 0.302 e. The van der Waals surface area contributed by atoms with Crippen molar-refractivity contribution in [3.63, 3.8) is 0 Å². The van der Waals surface area contributed by atoms with Crippen LogP contribution in [0.1, 0.15) is 41.5 Å². The highest BCUT2D eigenvalue weighted by atomic mass is 16.6. The Morgan fingerprint density at radius 2 is 0.543 bits per heavy atom. The summed E-state index contributed by atoms with van der Waals surface area (Å²) in [5, 5.41) is 0. The van der Waals surface area contributed by atoms with E-state index in [1.165, 1.54) is 41.5 Å². The molecule has 35 heavy (non-hydrogen) atoms. The van der Waals surface area contributed by atoms with Crippen LogP contribution in [0.3, 0.4) is 0 Å². The van der Waals surface area contributed by atoms with Crippen LogP contribution >= 0.6 is 0 Å². The molecule has 0 spiro atoms. The van der Waals surface area contributed by atoms with E-state index in [1.807, 2.05) is 0 Å². The zero-order valence-electron chi connectivity index (χ0n) is 21.0. The molecular weight excluding hydrogens is 472 g/mol. The Balaban J connectivity index is 5.86. The zero-order chi connectivity index (χ0) is 27.1. The van der Waals surface area contributed by atoms with Gasteiger partial charge in [0.25, 0.3) is 0 Å². The first-order chi connectivity index (χ1) is 16.2. The van der Waals surface area contributed by atoms with Crippen LogP contribution in [-0.4, -0.2) is 88.7 Å². The summed E-state index contributed by atoms with van der Waals surface area (Å²) in [5.74, 6) is -3.78. The van der Waals surface area contributed by atoms with E-state index < -0.39 is 46.6 Å². The summed E-state index contributed by atoms with van der Waals surface area (Å²) in [6.45, 7) is 4.53. The number of hydrogen-bond donors (Lipinski definition) is 0. The Hall–Kier alpha value is -3.22. The van der Waals surface area contributed by atoms with E-state index >= 15 is 0 Å². The van der Waals surface area contributed by atoms with E-state index in [0.29, 0.717) is 0 Å². The van der Waals surface area contributed by atoms with E-state index in [-0.39, 0.29) is 52.9 Å². The highest BCUT2D eigenvalue weighted by Crippen LogP contribution is 2.25. The lowest BCUT2D eigenvalue weighted by molar-refractivity contribution is -0.172. The second-order valence-corrected chi connectivity index (χ2v) is 8.17. The topological polar surface area (TPSA) is 167 Å². The highest BCUT2D eigenvalue weighted by molar-refractivity contribution is 5.68. The molecule has 13 heteroatoms. The van der Waals surface area contributed by atoms with E-state index in [0.717, 1.165) is 0 Å². The first-order valence-electron chi connectivity index (χ1n) is 10.6. The van der Waals surface area contributed by atoms with E-state index in [2.05, 4.69) is 0 Å². The van der Waals surface area contributed by atoms with Crippen molar-refractivity contribution in [2.24, 2.45) is 10.8 Å². The van der Waals surface area contributed by atoms with Gasteiger partial charge in [-0.25, -0.2) is 0 Å². The summed E-state index contributed by atoms with van der Waals surface area (Å²) in [5.41, 5.74) is -2.59. The predicted molar refractivity (Wildman–Crippen MR) is 115 cm³/mol. The number of hydrogen-bond acceptors (Lipinski definition) is 13. The molecule has 200 valence electrons. The van der Waals surface area contributed by atoms with Gasteiger partial charge in [-0.1, -0.05) is 0 Å². The molecule has 0 atom stereocenters. The minimum Gasteiger partial charge on any atom is -0.465 e. The molecule has 0 unspecified atom stereocenters. The zero-order valence-corrected chi connectivity index (χ0v) is 21.0. The van der Waals surface area contributed by atoms with Crippen molar-refractivity contribution in [2.75, 3.05) is 52.9 Å². The first kappa shape index (κ1) is 31.8. The van der Waals surface area contributed by atoms with Gasteiger partial charge in [0.2, 0.25) is 0 Å². The number of carbonyl (C=O) groups excluding carboxylic acids is 6. The van der Waals surface area contributed by atoms with Gasteiger partial charge >= 0.3 is 35.8 Å². The Kier molecular flexibility index (Phi) is 14.2. The summed E-state index contributed by atoms with van der Waals surface area (Å²) in [7, 11) is 0. The second kappa shape index (κ2) is 15.6. The van der Waals surface area contributed by atoms with Gasteiger partial charge in [0.15, 0.2) is 0 Å². The van der Waals surface area contributed by atoms with Crippen LogP contribution in [0, 0.1) is 10.8 Å². The van der Waals surface area contributed by atoms with Crippen LogP contribution in [0.15, 0.2) is 0 Å². The number of rotatable bonds is 16. The molecule has 0 rings (SSSR count). The lowest BCUT2D eigenvalue weighted by Gasteiger charge is -2.35. The van der Waals surface area contributed by atoms with Crippen molar-refractivity contribution in [3.8, 4) is 0 Å². The highest BCUT2D eigenvalue weighted by Gasteiger charge is 2.40. The van der Waals surface area contributed by atoms with Crippen LogP contribution in [0.4, 0.5) is 0 Å². The van der Waals surface area contributed by atoms with Gasteiger partial charge in [-0.2, -0.15) is 0 Å². The maximum absolute atomic E-state index is 11.4. The lowest BCUT2D eigenvalue weighted by atomic mass is 9.90. The summed E-state index contributed by atoms with van der Waals surface area (Å²) in [4.78, 5) is 68.5. The number of esters is 6. The van der Waals surface area contributed by atoms with Crippen molar-refractivity contribution in [2.45, 2.75) is 41.5 Å². The monoisotopic (exact) mass is 506 g/mol. The third kappa shape index (κ3) is 15.3. The maximum Gasteiger partial charge on any atom is 0.302 e. The Morgan fingerprint density at radius 3 is 0.686 bits per heavy atom. The third-order valence-corrected chi connectivity index (χ3v) is 4.31. The van der Waals surface area contributed by atoms with Crippen molar-refractivity contribution < 1.29 is 61.9 Å². The Bertz CT molecular complexity index is 605. The molecule has 0 N–H and O–H groups in total. The average Bonchev–Trinajstić information content (AvgIpc) is 2.74. The van der Waals surface area contributed by atoms with E-state index in [9.17, 15) is 28.8 Å². The van der Waals surface area contributed by atoms with Gasteiger partial charge in [-0.15, -0.1) is 0 Å². The second-order valence-electron chi connectivity index (χ2n) is 8.17. The van der Waals surface area contributed by atoms with Gasteiger partial charge in [-0.05, 0) is 0 Å². The molecule has 0 bridgehead atoms. The number of ether oxygens (including phenoxy) is 7. The van der Waals surface area contributed by atoms with Gasteiger partial charge in [0, 0.05) is 41.5 Å². The van der Waals surface area contributed by atoms with Crippen LogP contribution in [0.5, 0.6) is 0 Å². The molecule has 0 aliphatic heterocycles. The lowest BCUT2D eigenvalue weighted by Crippen LogP contribution is -2.47. The van der Waals surface area contributed by atoms with Crippen molar-refractivity contribution in [1.29, 1.82) is 0 Å². The molecular formula is C22H34O13. The fourth-order valence-electron chi connectivity index (χ4n) is 2.51. The normalized spacial score (nSPS) is 11.1. The first-order valence-corrected chi connectivity index (χ1v) is 10.6. The largest absolute Gasteiger partial charge is 0.465 e. The molecule has 0 saturated heterocycles. The minimum atomic E-state index is -1.29. The average molecular weight is 507 g/mol. The molecule has 0 aromatic rings. The van der Waals surface area contributed by atoms with Crippen molar-refractivity contribution in [1.82, 2.24) is 0 Å². The summed E-state index contributed by atoms with van der Waals surface area (Å²) in [6.07, 6.45) is 0. The van der Waals surface area contributed by atoms with Crippen LogP contribution in [0.25, 0.3) is 0 Å². The SMILES string of the molecule is CC(=O)OCC(COCC(COC(C)=O)(COC(C)=O)COC(C)=O)(COC(C)=O)COC(C)=O. The maximum atomic E-state index is 11.4. The Labute approximate surface area is 203 Å². The molecule has 0 saturated carbocycles. The van der Waals surface area contributed by atoms with Gasteiger partial charge in [-0.3, -0.25) is 28.8 Å². The van der Waals surface area contributed by atoms with Crippen molar-refractivity contribution in [3.05, 3.63) is 0 Å². The molecule has 0 heterocycles. The van der Waals surface area contributed by atoms with E-state index in [1.54, 1.807) is 0 Å². The summed E-state index contributed by atoms with van der Waals surface area (Å²) in [6, 6.07) is 0. The summed E-state index contributed by atoms with van der Waals surface area (Å²) < 4.78 is 36.3. The van der Waals surface area contributed by atoms with Crippen LogP contribution in [0.2, 0.25) is 0 Å². The standard InChI is InChI=1S/C22H34O13/c1-15(23)30-9-21(10-31-16(2)24,11-32-17(3)25)7-29-8-22(12-33-18(4)26,13-34-19(5)27)14-35-20(6)28/h7-14H2,1-6H3. The van der Waals surface area contributed by atoms with E-state index in [4.69, 9.17) is 33.2 Å². The number of carbonyl (C=O) groups is 6. The summed E-state index contributed by atoms with van der Waals surface area (Å²) >= 11 is 0. The molecule has 0 aliphatic carbocycles. The van der Waals surface area contributed by atoms with Gasteiger partial charge < -0.3 is 33.2 Å². The molecule has 0 fully saturated rings. The fraction of sp³-hybridized carbons (Fsp3) is 0.727. The van der Waals surface area contributed by atoms with Crippen LogP contribution in [-0.2, 0) is 61.9 Å². The molecule has 0 aromatic carbocycles. The third-order valence-electron chi connectivity index (χ3n) is 4.31. The Morgan fingerprint density at radius 1 is 0.371 bits per heavy atom. The molecule has 0 radical (unpaired) electrons.